The molecule has 1 aliphatic carbocycles. The van der Waals surface area contributed by atoms with Gasteiger partial charge in [-0.25, -0.2) is 4.39 Å². The predicted octanol–water partition coefficient (Wildman–Crippen LogP) is 2.55. The van der Waals surface area contributed by atoms with Crippen LogP contribution in [0.3, 0.4) is 0 Å². The fourth-order valence-electron chi connectivity index (χ4n) is 2.14. The second-order valence-electron chi connectivity index (χ2n) is 4.62. The summed E-state index contributed by atoms with van der Waals surface area (Å²) in [4.78, 5) is 2.14. The van der Waals surface area contributed by atoms with Gasteiger partial charge < -0.3 is 10.0 Å². The third kappa shape index (κ3) is 2.19. The Morgan fingerprint density at radius 3 is 2.75 bits per heavy atom. The van der Waals surface area contributed by atoms with Crippen LogP contribution < -0.4 is 4.90 Å². The van der Waals surface area contributed by atoms with Crippen LogP contribution in [0.4, 0.5) is 10.1 Å². The van der Waals surface area contributed by atoms with Gasteiger partial charge in [0, 0.05) is 24.3 Å². The minimum Gasteiger partial charge on any atom is -0.392 e. The maximum atomic E-state index is 13.0. The highest BCUT2D eigenvalue weighted by Crippen LogP contribution is 2.37. The molecule has 1 unspecified atom stereocenters. The summed E-state index contributed by atoms with van der Waals surface area (Å²) in [6.07, 6.45) is 2.56. The summed E-state index contributed by atoms with van der Waals surface area (Å²) in [5.74, 6) is 0.460. The first-order valence-electron chi connectivity index (χ1n) is 5.75. The van der Waals surface area contributed by atoms with Crippen LogP contribution in [0.25, 0.3) is 0 Å². The Labute approximate surface area is 95.7 Å². The normalized spacial score (nSPS) is 17.2. The molecule has 1 saturated carbocycles. The van der Waals surface area contributed by atoms with Crippen molar-refractivity contribution in [1.29, 1.82) is 0 Å². The van der Waals surface area contributed by atoms with Crippen LogP contribution in [0.1, 0.15) is 25.3 Å². The van der Waals surface area contributed by atoms with E-state index in [0.29, 0.717) is 11.6 Å². The zero-order valence-electron chi connectivity index (χ0n) is 9.78. The van der Waals surface area contributed by atoms with E-state index in [-0.39, 0.29) is 12.4 Å². The van der Waals surface area contributed by atoms with Gasteiger partial charge in [0.25, 0.3) is 0 Å². The topological polar surface area (TPSA) is 23.5 Å². The molecule has 16 heavy (non-hydrogen) atoms. The highest BCUT2D eigenvalue weighted by atomic mass is 19.1. The van der Waals surface area contributed by atoms with Crippen molar-refractivity contribution in [3.8, 4) is 0 Å². The van der Waals surface area contributed by atoms with Crippen molar-refractivity contribution in [2.45, 2.75) is 32.4 Å². The van der Waals surface area contributed by atoms with Crippen molar-refractivity contribution < 1.29 is 9.50 Å². The molecule has 1 N–H and O–H groups in total. The van der Waals surface area contributed by atoms with Crippen LogP contribution in [0.2, 0.25) is 0 Å². The van der Waals surface area contributed by atoms with Gasteiger partial charge in [-0.05, 0) is 43.9 Å². The van der Waals surface area contributed by atoms with Gasteiger partial charge in [0.05, 0.1) is 6.61 Å². The fraction of sp³-hybridized carbons (Fsp3) is 0.538. The first-order chi connectivity index (χ1) is 7.63. The van der Waals surface area contributed by atoms with Gasteiger partial charge in [-0.1, -0.05) is 0 Å². The lowest BCUT2D eigenvalue weighted by molar-refractivity contribution is 0.281. The Hall–Kier alpha value is -1.09. The van der Waals surface area contributed by atoms with Gasteiger partial charge in [-0.15, -0.1) is 0 Å². The SMILES string of the molecule is CC(C1CC1)N(C)c1ccc(F)cc1CO. The Morgan fingerprint density at radius 1 is 1.50 bits per heavy atom. The van der Waals surface area contributed by atoms with Crippen molar-refractivity contribution in [1.82, 2.24) is 0 Å². The van der Waals surface area contributed by atoms with E-state index >= 15 is 0 Å². The first kappa shape index (κ1) is 11.4. The van der Waals surface area contributed by atoms with Crippen LogP contribution in [0.15, 0.2) is 18.2 Å². The number of aliphatic hydroxyl groups excluding tert-OH is 1. The number of halogens is 1. The fourth-order valence-corrected chi connectivity index (χ4v) is 2.14. The minimum absolute atomic E-state index is 0.116. The van der Waals surface area contributed by atoms with E-state index in [1.807, 2.05) is 7.05 Å². The zero-order chi connectivity index (χ0) is 11.7. The molecule has 0 aromatic heterocycles. The number of hydrogen-bond donors (Lipinski definition) is 1. The maximum absolute atomic E-state index is 13.0. The van der Waals surface area contributed by atoms with Gasteiger partial charge in [0.15, 0.2) is 0 Å². The minimum atomic E-state index is -0.291. The Bertz CT molecular complexity index is 376. The second kappa shape index (κ2) is 4.42. The third-order valence-corrected chi connectivity index (χ3v) is 3.51. The lowest BCUT2D eigenvalue weighted by Crippen LogP contribution is -2.31. The standard InChI is InChI=1S/C13H18FNO/c1-9(10-3-4-10)15(2)13-6-5-12(14)7-11(13)8-16/h5-7,9-10,16H,3-4,8H2,1-2H3. The lowest BCUT2D eigenvalue weighted by atomic mass is 10.1. The molecule has 1 aliphatic rings. The zero-order valence-corrected chi connectivity index (χ0v) is 9.78. The Kier molecular flexibility index (Phi) is 3.15. The highest BCUT2D eigenvalue weighted by molar-refractivity contribution is 5.54. The predicted molar refractivity (Wildman–Crippen MR) is 62.9 cm³/mol. The molecule has 1 aromatic carbocycles. The van der Waals surface area contributed by atoms with Crippen LogP contribution in [0.5, 0.6) is 0 Å². The summed E-state index contributed by atoms with van der Waals surface area (Å²) in [5, 5.41) is 9.23. The molecule has 2 nitrogen and oxygen atoms in total. The molecule has 1 atom stereocenters. The van der Waals surface area contributed by atoms with Crippen LogP contribution in [-0.4, -0.2) is 18.2 Å². The summed E-state index contributed by atoms with van der Waals surface area (Å²) < 4.78 is 13.0. The first-order valence-corrected chi connectivity index (χ1v) is 5.75. The average molecular weight is 223 g/mol. The molecular weight excluding hydrogens is 205 g/mol. The molecule has 0 radical (unpaired) electrons. The quantitative estimate of drug-likeness (QED) is 0.848. The number of benzene rings is 1. The van der Waals surface area contributed by atoms with Crippen molar-refractivity contribution in [2.75, 3.05) is 11.9 Å². The van der Waals surface area contributed by atoms with E-state index in [4.69, 9.17) is 0 Å². The van der Waals surface area contributed by atoms with Crippen molar-refractivity contribution in [2.24, 2.45) is 5.92 Å². The van der Waals surface area contributed by atoms with Gasteiger partial charge in [0.1, 0.15) is 5.82 Å². The molecule has 3 heteroatoms. The Balaban J connectivity index is 2.23. The maximum Gasteiger partial charge on any atom is 0.123 e. The second-order valence-corrected chi connectivity index (χ2v) is 4.62. The monoisotopic (exact) mass is 223 g/mol. The Morgan fingerprint density at radius 2 is 2.19 bits per heavy atom. The van der Waals surface area contributed by atoms with Crippen molar-refractivity contribution >= 4 is 5.69 Å². The largest absolute Gasteiger partial charge is 0.392 e. The molecule has 0 spiro atoms. The molecule has 0 saturated heterocycles. The molecule has 0 amide bonds. The molecule has 0 bridgehead atoms. The van der Waals surface area contributed by atoms with Gasteiger partial charge in [0.2, 0.25) is 0 Å². The van der Waals surface area contributed by atoms with E-state index in [9.17, 15) is 9.50 Å². The van der Waals surface area contributed by atoms with Gasteiger partial charge in [-0.2, -0.15) is 0 Å². The third-order valence-electron chi connectivity index (χ3n) is 3.51. The molecule has 88 valence electrons. The van der Waals surface area contributed by atoms with E-state index < -0.39 is 0 Å². The van der Waals surface area contributed by atoms with E-state index in [0.717, 1.165) is 11.6 Å². The van der Waals surface area contributed by atoms with Crippen LogP contribution in [-0.2, 0) is 6.61 Å². The summed E-state index contributed by atoms with van der Waals surface area (Å²) >= 11 is 0. The average Bonchev–Trinajstić information content (AvgIpc) is 3.10. The van der Waals surface area contributed by atoms with Gasteiger partial charge >= 0.3 is 0 Å². The summed E-state index contributed by atoms with van der Waals surface area (Å²) in [6, 6.07) is 5.06. The number of hydrogen-bond acceptors (Lipinski definition) is 2. The molecule has 1 aromatic rings. The summed E-state index contributed by atoms with van der Waals surface area (Å²) in [5.41, 5.74) is 1.60. The molecule has 2 rings (SSSR count). The summed E-state index contributed by atoms with van der Waals surface area (Å²) in [6.45, 7) is 2.07. The van der Waals surface area contributed by atoms with Crippen molar-refractivity contribution in [3.05, 3.63) is 29.6 Å². The number of rotatable bonds is 4. The number of aliphatic hydroxyl groups is 1. The van der Waals surface area contributed by atoms with Gasteiger partial charge in [-0.3, -0.25) is 0 Å². The number of nitrogens with zero attached hydrogens (tertiary/aromatic N) is 1. The molecule has 0 aliphatic heterocycles. The number of anilines is 1. The lowest BCUT2D eigenvalue weighted by Gasteiger charge is -2.28. The molecular formula is C13H18FNO. The van der Waals surface area contributed by atoms with E-state index in [1.54, 1.807) is 6.07 Å². The smallest absolute Gasteiger partial charge is 0.123 e. The van der Waals surface area contributed by atoms with Crippen LogP contribution in [0, 0.1) is 11.7 Å². The molecule has 1 fully saturated rings. The summed E-state index contributed by atoms with van der Waals surface area (Å²) in [7, 11) is 2.01. The van der Waals surface area contributed by atoms with Crippen molar-refractivity contribution in [3.63, 3.8) is 0 Å². The van der Waals surface area contributed by atoms with E-state index in [2.05, 4.69) is 11.8 Å². The molecule has 0 heterocycles. The van der Waals surface area contributed by atoms with E-state index in [1.165, 1.54) is 25.0 Å². The highest BCUT2D eigenvalue weighted by Gasteiger charge is 2.31. The van der Waals surface area contributed by atoms with Crippen LogP contribution >= 0.6 is 0 Å².